The Bertz CT molecular complexity index is 1240. The fourth-order valence-corrected chi connectivity index (χ4v) is 3.57. The van der Waals surface area contributed by atoms with Gasteiger partial charge < -0.3 is 10.0 Å². The molecule has 0 saturated carbocycles. The van der Waals surface area contributed by atoms with Gasteiger partial charge in [-0.25, -0.2) is 4.68 Å². The third-order valence-corrected chi connectivity index (χ3v) is 5.07. The maximum absolute atomic E-state index is 13.3. The van der Waals surface area contributed by atoms with Gasteiger partial charge in [-0.2, -0.15) is 0 Å². The smallest absolute Gasteiger partial charge is 0.307 e. The van der Waals surface area contributed by atoms with Crippen molar-refractivity contribution in [3.8, 4) is 0 Å². The molecule has 0 unspecified atom stereocenters. The lowest BCUT2D eigenvalue weighted by atomic mass is 10.1. The van der Waals surface area contributed by atoms with Crippen LogP contribution < -0.4 is 4.90 Å². The molecule has 4 aromatic rings. The summed E-state index contributed by atoms with van der Waals surface area (Å²) in [6, 6.07) is 21.7. The highest BCUT2D eigenvalue weighted by Crippen LogP contribution is 2.21. The molecule has 1 aromatic heterocycles. The zero-order valence-electron chi connectivity index (χ0n) is 16.5. The lowest BCUT2D eigenvalue weighted by Crippen LogP contribution is -2.33. The molecule has 0 radical (unpaired) electrons. The van der Waals surface area contributed by atoms with Crippen molar-refractivity contribution in [1.29, 1.82) is 0 Å². The van der Waals surface area contributed by atoms with Gasteiger partial charge in [0.1, 0.15) is 12.1 Å². The molecule has 0 atom stereocenters. The molecule has 3 aromatic carbocycles. The number of halogens is 1. The monoisotopic (exact) mass is 434 g/mol. The number of nitrogens with zero attached hydrogens (tertiary/aromatic N) is 4. The highest BCUT2D eigenvalue weighted by Gasteiger charge is 2.19. The van der Waals surface area contributed by atoms with Crippen molar-refractivity contribution in [2.24, 2.45) is 0 Å². The van der Waals surface area contributed by atoms with Crippen LogP contribution in [0.5, 0.6) is 0 Å². The number of fused-ring (bicyclic) bond motifs is 1. The maximum Gasteiger partial charge on any atom is 0.307 e. The predicted molar refractivity (Wildman–Crippen MR) is 118 cm³/mol. The molecule has 4 rings (SSSR count). The number of rotatable bonds is 7. The molecule has 0 aliphatic heterocycles. The number of anilines is 1. The SMILES string of the molecule is O=C(O)Cc1ccc(N(Cc2cccc(Cl)c2)C(=O)Cn2nnc3ccccc32)cc1. The van der Waals surface area contributed by atoms with Crippen LogP contribution in [0.15, 0.2) is 72.8 Å². The van der Waals surface area contributed by atoms with Crippen molar-refractivity contribution in [3.05, 3.63) is 88.9 Å². The van der Waals surface area contributed by atoms with E-state index in [9.17, 15) is 9.59 Å². The number of carboxylic acids is 1. The van der Waals surface area contributed by atoms with Crippen LogP contribution in [-0.2, 0) is 29.1 Å². The van der Waals surface area contributed by atoms with Gasteiger partial charge in [-0.15, -0.1) is 5.10 Å². The molecule has 0 bridgehead atoms. The van der Waals surface area contributed by atoms with E-state index in [2.05, 4.69) is 10.3 Å². The molecule has 1 N–H and O–H groups in total. The summed E-state index contributed by atoms with van der Waals surface area (Å²) in [6.45, 7) is 0.322. The highest BCUT2D eigenvalue weighted by molar-refractivity contribution is 6.30. The van der Waals surface area contributed by atoms with E-state index >= 15 is 0 Å². The molecule has 0 fully saturated rings. The first-order valence-corrected chi connectivity index (χ1v) is 10.0. The van der Waals surface area contributed by atoms with Gasteiger partial charge in [0.2, 0.25) is 5.91 Å². The Hall–Kier alpha value is -3.71. The molecule has 0 aliphatic carbocycles. The van der Waals surface area contributed by atoms with Crippen molar-refractivity contribution in [3.63, 3.8) is 0 Å². The number of para-hydroxylation sites is 1. The quantitative estimate of drug-likeness (QED) is 0.476. The van der Waals surface area contributed by atoms with Gasteiger partial charge in [0, 0.05) is 10.7 Å². The number of carboxylic acid groups (broad SMARTS) is 1. The van der Waals surface area contributed by atoms with Crippen LogP contribution in [0.2, 0.25) is 5.02 Å². The van der Waals surface area contributed by atoms with Crippen LogP contribution in [0, 0.1) is 0 Å². The fraction of sp³-hybridized carbons (Fsp3) is 0.130. The number of benzene rings is 3. The summed E-state index contributed by atoms with van der Waals surface area (Å²) in [7, 11) is 0. The Morgan fingerprint density at radius 3 is 2.48 bits per heavy atom. The molecule has 156 valence electrons. The number of aliphatic carboxylic acids is 1. The van der Waals surface area contributed by atoms with Crippen molar-refractivity contribution >= 4 is 40.2 Å². The second kappa shape index (κ2) is 8.97. The first kappa shape index (κ1) is 20.6. The van der Waals surface area contributed by atoms with Crippen LogP contribution in [0.25, 0.3) is 11.0 Å². The molecular formula is C23H19ClN4O3. The third kappa shape index (κ3) is 4.90. The summed E-state index contributed by atoms with van der Waals surface area (Å²) in [6.07, 6.45) is -0.0759. The Labute approximate surface area is 183 Å². The summed E-state index contributed by atoms with van der Waals surface area (Å²) >= 11 is 6.12. The number of amides is 1. The number of hydrogen-bond acceptors (Lipinski definition) is 4. The second-order valence-corrected chi connectivity index (χ2v) is 7.52. The van der Waals surface area contributed by atoms with Crippen molar-refractivity contribution in [2.75, 3.05) is 4.90 Å². The van der Waals surface area contributed by atoms with E-state index in [1.807, 2.05) is 42.5 Å². The number of hydrogen-bond donors (Lipinski definition) is 1. The van der Waals surface area contributed by atoms with Crippen LogP contribution in [-0.4, -0.2) is 32.0 Å². The minimum absolute atomic E-state index is 0.0119. The Morgan fingerprint density at radius 2 is 1.74 bits per heavy atom. The Morgan fingerprint density at radius 1 is 0.968 bits per heavy atom. The normalized spacial score (nSPS) is 10.9. The van der Waals surface area contributed by atoms with Gasteiger partial charge in [-0.3, -0.25) is 9.59 Å². The predicted octanol–water partition coefficient (Wildman–Crippen LogP) is 3.95. The van der Waals surface area contributed by atoms with Crippen molar-refractivity contribution < 1.29 is 14.7 Å². The number of carbonyl (C=O) groups is 2. The lowest BCUT2D eigenvalue weighted by Gasteiger charge is -2.23. The summed E-state index contributed by atoms with van der Waals surface area (Å²) < 4.78 is 1.57. The zero-order valence-corrected chi connectivity index (χ0v) is 17.2. The van der Waals surface area contributed by atoms with Crippen LogP contribution >= 0.6 is 11.6 Å². The lowest BCUT2D eigenvalue weighted by molar-refractivity contribution is -0.136. The van der Waals surface area contributed by atoms with E-state index in [-0.39, 0.29) is 18.9 Å². The van der Waals surface area contributed by atoms with E-state index in [1.54, 1.807) is 39.9 Å². The molecule has 0 saturated heterocycles. The molecule has 1 amide bonds. The number of carbonyl (C=O) groups excluding carboxylic acids is 1. The minimum Gasteiger partial charge on any atom is -0.481 e. The van der Waals surface area contributed by atoms with Gasteiger partial charge in [0.05, 0.1) is 18.5 Å². The first-order valence-electron chi connectivity index (χ1n) is 9.63. The zero-order chi connectivity index (χ0) is 21.8. The Balaban J connectivity index is 1.64. The third-order valence-electron chi connectivity index (χ3n) is 4.84. The van der Waals surface area contributed by atoms with Crippen LogP contribution in [0.1, 0.15) is 11.1 Å². The van der Waals surface area contributed by atoms with E-state index < -0.39 is 5.97 Å². The van der Waals surface area contributed by atoms with Gasteiger partial charge in [-0.1, -0.05) is 53.2 Å². The first-order chi connectivity index (χ1) is 15.0. The van der Waals surface area contributed by atoms with E-state index in [1.165, 1.54) is 0 Å². The summed E-state index contributed by atoms with van der Waals surface area (Å²) in [5.74, 6) is -1.08. The molecule has 0 aliphatic rings. The molecule has 0 spiro atoms. The largest absolute Gasteiger partial charge is 0.481 e. The molecule has 7 nitrogen and oxygen atoms in total. The van der Waals surface area contributed by atoms with Crippen LogP contribution in [0.3, 0.4) is 0 Å². The fourth-order valence-electron chi connectivity index (χ4n) is 3.36. The molecule has 31 heavy (non-hydrogen) atoms. The van der Waals surface area contributed by atoms with Gasteiger partial charge in [0.15, 0.2) is 0 Å². The molecular weight excluding hydrogens is 416 g/mol. The summed E-state index contributed by atoms with van der Waals surface area (Å²) in [4.78, 5) is 25.9. The molecule has 8 heteroatoms. The average molecular weight is 435 g/mol. The minimum atomic E-state index is -0.905. The second-order valence-electron chi connectivity index (χ2n) is 7.08. The van der Waals surface area contributed by atoms with Crippen molar-refractivity contribution in [2.45, 2.75) is 19.5 Å². The van der Waals surface area contributed by atoms with Crippen molar-refractivity contribution in [1.82, 2.24) is 15.0 Å². The summed E-state index contributed by atoms with van der Waals surface area (Å²) in [5, 5.41) is 17.8. The van der Waals surface area contributed by atoms with E-state index in [4.69, 9.17) is 16.7 Å². The number of aromatic nitrogens is 3. The summed E-state index contributed by atoms with van der Waals surface area (Å²) in [5.41, 5.74) is 3.68. The topological polar surface area (TPSA) is 88.3 Å². The van der Waals surface area contributed by atoms with Gasteiger partial charge >= 0.3 is 5.97 Å². The highest BCUT2D eigenvalue weighted by atomic mass is 35.5. The van der Waals surface area contributed by atoms with Gasteiger partial charge in [-0.05, 0) is 47.5 Å². The van der Waals surface area contributed by atoms with E-state index in [0.29, 0.717) is 22.8 Å². The molecule has 1 heterocycles. The van der Waals surface area contributed by atoms with E-state index in [0.717, 1.165) is 16.6 Å². The average Bonchev–Trinajstić information content (AvgIpc) is 3.15. The van der Waals surface area contributed by atoms with Gasteiger partial charge in [0.25, 0.3) is 0 Å². The Kier molecular flexibility index (Phi) is 5.95. The standard InChI is InChI=1S/C23H19ClN4O3/c24-18-5-3-4-17(12-18)14-27(19-10-8-16(9-11-19)13-23(30)31)22(29)15-28-21-7-2-1-6-20(21)25-26-28/h1-12H,13-15H2,(H,30,31). The van der Waals surface area contributed by atoms with Crippen LogP contribution in [0.4, 0.5) is 5.69 Å². The maximum atomic E-state index is 13.3.